The smallest absolute Gasteiger partial charge is 0.287 e. The van der Waals surface area contributed by atoms with Gasteiger partial charge >= 0.3 is 0 Å². The van der Waals surface area contributed by atoms with Gasteiger partial charge in [-0.2, -0.15) is 5.10 Å². The third-order valence-electron chi connectivity index (χ3n) is 5.17. The number of furan rings is 1. The zero-order chi connectivity index (χ0) is 20.5. The van der Waals surface area contributed by atoms with Crippen molar-refractivity contribution < 1.29 is 14.0 Å². The highest BCUT2D eigenvalue weighted by atomic mass is 16.4. The Bertz CT molecular complexity index is 1080. The van der Waals surface area contributed by atoms with E-state index in [0.717, 1.165) is 34.6 Å². The van der Waals surface area contributed by atoms with E-state index in [1.54, 1.807) is 24.0 Å². The van der Waals surface area contributed by atoms with Crippen molar-refractivity contribution in [3.8, 4) is 0 Å². The van der Waals surface area contributed by atoms with Crippen LogP contribution in [0.15, 0.2) is 40.8 Å². The number of carbonyl (C=O) groups is 2. The number of hydrogen-bond donors (Lipinski definition) is 1. The molecule has 150 valence electrons. The number of rotatable bonds is 5. The lowest BCUT2D eigenvalue weighted by Gasteiger charge is -2.15. The average Bonchev–Trinajstić information content (AvgIpc) is 3.38. The molecule has 1 aromatic carbocycles. The summed E-state index contributed by atoms with van der Waals surface area (Å²) in [5.74, 6) is 0.767. The zero-order valence-corrected chi connectivity index (χ0v) is 16.9. The van der Waals surface area contributed by atoms with Crippen molar-refractivity contribution in [1.82, 2.24) is 15.1 Å². The molecule has 0 saturated carbocycles. The Kier molecular flexibility index (Phi) is 4.96. The van der Waals surface area contributed by atoms with Crippen LogP contribution in [0.1, 0.15) is 45.8 Å². The Morgan fingerprint density at radius 1 is 1.17 bits per heavy atom. The van der Waals surface area contributed by atoms with Gasteiger partial charge in [0.25, 0.3) is 5.91 Å². The number of carbonyl (C=O) groups excluding carboxylic acids is 2. The maximum absolute atomic E-state index is 12.4. The number of aromatic nitrogens is 2. The highest BCUT2D eigenvalue weighted by molar-refractivity contribution is 5.94. The first-order valence-corrected chi connectivity index (χ1v) is 9.68. The van der Waals surface area contributed by atoms with Gasteiger partial charge in [0.2, 0.25) is 5.91 Å². The van der Waals surface area contributed by atoms with Crippen molar-refractivity contribution in [2.75, 3.05) is 11.4 Å². The zero-order valence-electron chi connectivity index (χ0n) is 16.9. The predicted octanol–water partition coefficient (Wildman–Crippen LogP) is 2.98. The van der Waals surface area contributed by atoms with Crippen molar-refractivity contribution in [1.29, 1.82) is 0 Å². The molecule has 1 N–H and O–H groups in total. The molecule has 0 atom stereocenters. The molecule has 1 aliphatic rings. The van der Waals surface area contributed by atoms with E-state index in [4.69, 9.17) is 4.42 Å². The number of fused-ring (bicyclic) bond motifs is 1. The molecule has 0 saturated heterocycles. The molecule has 0 aliphatic carbocycles. The minimum absolute atomic E-state index is 0.0545. The summed E-state index contributed by atoms with van der Waals surface area (Å²) in [4.78, 5) is 25.9. The number of aryl methyl sites for hydroxylation is 2. The Morgan fingerprint density at radius 3 is 2.72 bits per heavy atom. The third kappa shape index (κ3) is 3.94. The molecule has 7 nitrogen and oxygen atoms in total. The van der Waals surface area contributed by atoms with Crippen molar-refractivity contribution in [2.24, 2.45) is 0 Å². The van der Waals surface area contributed by atoms with Gasteiger partial charge in [0.15, 0.2) is 5.76 Å². The van der Waals surface area contributed by atoms with Crippen LogP contribution in [-0.2, 0) is 24.3 Å². The highest BCUT2D eigenvalue weighted by Crippen LogP contribution is 2.28. The van der Waals surface area contributed by atoms with Crippen molar-refractivity contribution in [3.63, 3.8) is 0 Å². The molecule has 2 amide bonds. The molecule has 0 radical (unpaired) electrons. The lowest BCUT2D eigenvalue weighted by atomic mass is 10.1. The third-order valence-corrected chi connectivity index (χ3v) is 5.17. The van der Waals surface area contributed by atoms with Crippen LogP contribution in [0, 0.1) is 13.8 Å². The topological polar surface area (TPSA) is 80.4 Å². The van der Waals surface area contributed by atoms with Crippen LogP contribution in [0.3, 0.4) is 0 Å². The lowest BCUT2D eigenvalue weighted by Crippen LogP contribution is -2.25. The number of nitrogens with zero attached hydrogens (tertiary/aromatic N) is 3. The predicted molar refractivity (Wildman–Crippen MR) is 109 cm³/mol. The Balaban J connectivity index is 1.38. The van der Waals surface area contributed by atoms with E-state index in [0.29, 0.717) is 25.4 Å². The minimum atomic E-state index is -0.254. The molecule has 7 heteroatoms. The molecule has 3 heterocycles. The van der Waals surface area contributed by atoms with E-state index in [1.807, 2.05) is 36.7 Å². The largest absolute Gasteiger partial charge is 0.454 e. The van der Waals surface area contributed by atoms with Gasteiger partial charge < -0.3 is 14.6 Å². The Morgan fingerprint density at radius 2 is 2.00 bits per heavy atom. The van der Waals surface area contributed by atoms with Crippen LogP contribution in [0.5, 0.6) is 0 Å². The van der Waals surface area contributed by atoms with Crippen molar-refractivity contribution >= 4 is 17.5 Å². The lowest BCUT2D eigenvalue weighted by molar-refractivity contribution is -0.116. The minimum Gasteiger partial charge on any atom is -0.454 e. The molecule has 0 fully saturated rings. The van der Waals surface area contributed by atoms with Crippen LogP contribution in [0.25, 0.3) is 0 Å². The first-order valence-electron chi connectivity index (χ1n) is 9.68. The summed E-state index contributed by atoms with van der Waals surface area (Å²) in [5.41, 5.74) is 5.10. The number of hydrogen-bond acceptors (Lipinski definition) is 4. The molecule has 1 aliphatic heterocycles. The maximum atomic E-state index is 12.4. The summed E-state index contributed by atoms with van der Waals surface area (Å²) in [6.07, 6.45) is 0.838. The van der Waals surface area contributed by atoms with E-state index in [9.17, 15) is 9.59 Å². The first kappa shape index (κ1) is 19.0. The quantitative estimate of drug-likeness (QED) is 0.724. The van der Waals surface area contributed by atoms with E-state index in [2.05, 4.69) is 16.5 Å². The number of nitrogens with one attached hydrogen (secondary N) is 1. The van der Waals surface area contributed by atoms with Crippen LogP contribution in [0.2, 0.25) is 0 Å². The fourth-order valence-electron chi connectivity index (χ4n) is 3.73. The van der Waals surface area contributed by atoms with Gasteiger partial charge in [-0.1, -0.05) is 12.1 Å². The maximum Gasteiger partial charge on any atom is 0.287 e. The second kappa shape index (κ2) is 7.58. The summed E-state index contributed by atoms with van der Waals surface area (Å²) >= 11 is 0. The normalized spacial score (nSPS) is 12.9. The molecule has 29 heavy (non-hydrogen) atoms. The second-order valence-electron chi connectivity index (χ2n) is 7.42. The van der Waals surface area contributed by atoms with Crippen molar-refractivity contribution in [3.05, 3.63) is 70.4 Å². The van der Waals surface area contributed by atoms with Gasteiger partial charge in [-0.15, -0.1) is 0 Å². The van der Waals surface area contributed by atoms with Crippen LogP contribution >= 0.6 is 0 Å². The fourth-order valence-corrected chi connectivity index (χ4v) is 3.73. The Labute approximate surface area is 169 Å². The summed E-state index contributed by atoms with van der Waals surface area (Å²) in [7, 11) is 0. The number of benzene rings is 1. The van der Waals surface area contributed by atoms with Crippen molar-refractivity contribution in [2.45, 2.75) is 40.3 Å². The fraction of sp³-hybridized carbons (Fsp3) is 0.318. The van der Waals surface area contributed by atoms with Gasteiger partial charge in [-0.05, 0) is 55.7 Å². The standard InChI is InChI=1S/C22H24N4O3/c1-14-10-15(2)26(24-14)13-19-5-7-21(29-19)22(28)23-12-17-4-6-20-18(11-17)8-9-25(20)16(3)27/h4-7,10-11H,8-9,12-13H2,1-3H3,(H,23,28). The molecule has 0 spiro atoms. The Hall–Kier alpha value is -3.35. The molecule has 4 rings (SSSR count). The van der Waals surface area contributed by atoms with Crippen LogP contribution < -0.4 is 10.2 Å². The van der Waals surface area contributed by atoms with E-state index >= 15 is 0 Å². The van der Waals surface area contributed by atoms with Gasteiger partial charge in [0.05, 0.1) is 12.2 Å². The summed E-state index contributed by atoms with van der Waals surface area (Å²) in [6.45, 7) is 7.12. The number of anilines is 1. The van der Waals surface area contributed by atoms with Gasteiger partial charge in [0, 0.05) is 31.4 Å². The molecule has 0 bridgehead atoms. The molecule has 0 unspecified atom stereocenters. The molecule has 3 aromatic rings. The molecular formula is C22H24N4O3. The van der Waals surface area contributed by atoms with E-state index in [-0.39, 0.29) is 17.6 Å². The highest BCUT2D eigenvalue weighted by Gasteiger charge is 2.22. The molecular weight excluding hydrogens is 368 g/mol. The van der Waals surface area contributed by atoms with Crippen LogP contribution in [0.4, 0.5) is 5.69 Å². The van der Waals surface area contributed by atoms with E-state index < -0.39 is 0 Å². The summed E-state index contributed by atoms with van der Waals surface area (Å²) < 4.78 is 7.55. The van der Waals surface area contributed by atoms with Crippen LogP contribution in [-0.4, -0.2) is 28.1 Å². The number of amides is 2. The van der Waals surface area contributed by atoms with Gasteiger partial charge in [0.1, 0.15) is 5.76 Å². The SMILES string of the molecule is CC(=O)N1CCc2cc(CNC(=O)c3ccc(Cn4nc(C)cc4C)o3)ccc21. The van der Waals surface area contributed by atoms with Gasteiger partial charge in [-0.3, -0.25) is 14.3 Å². The monoisotopic (exact) mass is 392 g/mol. The first-order chi connectivity index (χ1) is 13.9. The van der Waals surface area contributed by atoms with E-state index in [1.165, 1.54) is 0 Å². The summed E-state index contributed by atoms with van der Waals surface area (Å²) in [6, 6.07) is 11.4. The van der Waals surface area contributed by atoms with Gasteiger partial charge in [-0.25, -0.2) is 0 Å². The average molecular weight is 392 g/mol. The molecule has 2 aromatic heterocycles. The second-order valence-corrected chi connectivity index (χ2v) is 7.42. The summed E-state index contributed by atoms with van der Waals surface area (Å²) in [5, 5.41) is 7.31.